The number of rotatable bonds is 10. The van der Waals surface area contributed by atoms with Crippen LogP contribution in [0.1, 0.15) is 43.4 Å². The summed E-state index contributed by atoms with van der Waals surface area (Å²) < 4.78 is 2.04. The maximum Gasteiger partial charge on any atom is 0.242 e. The number of carbonyl (C=O) groups is 2. The Morgan fingerprint density at radius 1 is 1.21 bits per heavy atom. The smallest absolute Gasteiger partial charge is 0.242 e. The minimum Gasteiger partial charge on any atom is -0.353 e. The maximum absolute atomic E-state index is 13.3. The molecule has 0 radical (unpaired) electrons. The van der Waals surface area contributed by atoms with Gasteiger partial charge < -0.3 is 14.4 Å². The Hall–Kier alpha value is -2.82. The summed E-state index contributed by atoms with van der Waals surface area (Å²) in [6.07, 6.45) is 6.45. The van der Waals surface area contributed by atoms with E-state index in [0.717, 1.165) is 24.1 Å². The van der Waals surface area contributed by atoms with Gasteiger partial charge in [0.25, 0.3) is 0 Å². The average molecular weight is 394 g/mol. The predicted octanol–water partition coefficient (Wildman–Crippen LogP) is 3.72. The lowest BCUT2D eigenvalue weighted by Gasteiger charge is -2.29. The van der Waals surface area contributed by atoms with Gasteiger partial charge in [-0.05, 0) is 37.0 Å². The minimum atomic E-state index is -0.244. The van der Waals surface area contributed by atoms with E-state index in [-0.39, 0.29) is 30.3 Å². The van der Waals surface area contributed by atoms with E-state index in [0.29, 0.717) is 19.5 Å². The third-order valence-electron chi connectivity index (χ3n) is 5.59. The molecular weight excluding hydrogens is 362 g/mol. The van der Waals surface area contributed by atoms with Crippen molar-refractivity contribution >= 4 is 11.8 Å². The lowest BCUT2D eigenvalue weighted by molar-refractivity contribution is -0.141. The lowest BCUT2D eigenvalue weighted by atomic mass is 9.95. The van der Waals surface area contributed by atoms with Gasteiger partial charge in [-0.15, -0.1) is 6.58 Å². The molecule has 0 spiro atoms. The highest BCUT2D eigenvalue weighted by Crippen LogP contribution is 2.29. The van der Waals surface area contributed by atoms with Gasteiger partial charge in [0.15, 0.2) is 0 Å². The molecule has 0 saturated heterocycles. The Bertz CT molecular complexity index is 839. The van der Waals surface area contributed by atoms with Crippen molar-refractivity contribution in [2.24, 2.45) is 7.05 Å². The molecule has 0 aliphatic heterocycles. The van der Waals surface area contributed by atoms with E-state index in [9.17, 15) is 9.59 Å². The number of nitrogens with zero attached hydrogens (tertiary/aromatic N) is 3. The van der Waals surface area contributed by atoms with Gasteiger partial charge in [0.1, 0.15) is 6.54 Å². The summed E-state index contributed by atoms with van der Waals surface area (Å²) in [4.78, 5) is 30.1. The fourth-order valence-corrected chi connectivity index (χ4v) is 3.74. The largest absolute Gasteiger partial charge is 0.353 e. The first-order valence-corrected chi connectivity index (χ1v) is 10.4. The zero-order valence-corrected chi connectivity index (χ0v) is 17.5. The number of aryl methyl sites for hydroxylation is 1. The number of benzene rings is 1. The zero-order chi connectivity index (χ0) is 20.8. The standard InChI is InChI=1S/C24H31N3O2/c1-4-15-26(24(29)22(5-2)19-10-7-6-8-11-19)18-23(28)27(20-13-14-20)17-21-12-9-16-25(21)3/h4,6-12,16,20,22H,1,5,13-15,17-18H2,2-3H3/t22-/m0/s1. The molecule has 1 aliphatic carbocycles. The summed E-state index contributed by atoms with van der Waals surface area (Å²) in [5.74, 6) is -0.250. The number of hydrogen-bond acceptors (Lipinski definition) is 2. The molecular formula is C24H31N3O2. The fraction of sp³-hybridized carbons (Fsp3) is 0.417. The molecule has 1 heterocycles. The first kappa shape index (κ1) is 20.9. The second-order valence-corrected chi connectivity index (χ2v) is 7.74. The van der Waals surface area contributed by atoms with Gasteiger partial charge in [-0.25, -0.2) is 0 Å². The van der Waals surface area contributed by atoms with Crippen LogP contribution in [-0.2, 0) is 23.2 Å². The predicted molar refractivity (Wildman–Crippen MR) is 115 cm³/mol. The summed E-state index contributed by atoms with van der Waals surface area (Å²) in [5, 5.41) is 0. The molecule has 3 rings (SSSR count). The Morgan fingerprint density at radius 2 is 1.93 bits per heavy atom. The van der Waals surface area contributed by atoms with Crippen LogP contribution < -0.4 is 0 Å². The van der Waals surface area contributed by atoms with E-state index in [4.69, 9.17) is 0 Å². The Morgan fingerprint density at radius 3 is 2.48 bits per heavy atom. The van der Waals surface area contributed by atoms with Crippen molar-refractivity contribution in [1.29, 1.82) is 0 Å². The molecule has 1 saturated carbocycles. The molecule has 1 fully saturated rings. The van der Waals surface area contributed by atoms with Crippen LogP contribution in [0.15, 0.2) is 61.3 Å². The summed E-state index contributed by atoms with van der Waals surface area (Å²) in [6, 6.07) is 14.1. The second-order valence-electron chi connectivity index (χ2n) is 7.74. The molecule has 2 amide bonds. The summed E-state index contributed by atoms with van der Waals surface area (Å²) >= 11 is 0. The van der Waals surface area contributed by atoms with Crippen molar-refractivity contribution in [3.05, 3.63) is 72.6 Å². The molecule has 1 aromatic heterocycles. The van der Waals surface area contributed by atoms with Crippen molar-refractivity contribution in [2.75, 3.05) is 13.1 Å². The van der Waals surface area contributed by atoms with Crippen molar-refractivity contribution in [3.8, 4) is 0 Å². The Balaban J connectivity index is 1.74. The van der Waals surface area contributed by atoms with Gasteiger partial charge in [0.05, 0.1) is 12.5 Å². The van der Waals surface area contributed by atoms with Crippen molar-refractivity contribution in [2.45, 2.75) is 44.7 Å². The number of amides is 2. The SMILES string of the molecule is C=CCN(CC(=O)N(Cc1cccn1C)C1CC1)C(=O)[C@@H](CC)c1ccccc1. The molecule has 2 aromatic rings. The minimum absolute atomic E-state index is 0.00631. The molecule has 1 atom stereocenters. The average Bonchev–Trinajstić information content (AvgIpc) is 3.49. The fourth-order valence-electron chi connectivity index (χ4n) is 3.74. The highest BCUT2D eigenvalue weighted by molar-refractivity contribution is 5.89. The second kappa shape index (κ2) is 9.59. The van der Waals surface area contributed by atoms with Gasteiger partial charge in [0.2, 0.25) is 11.8 Å². The molecule has 29 heavy (non-hydrogen) atoms. The van der Waals surface area contributed by atoms with E-state index in [1.165, 1.54) is 0 Å². The van der Waals surface area contributed by atoms with Crippen LogP contribution in [0.2, 0.25) is 0 Å². The Labute approximate surface area is 173 Å². The van der Waals surface area contributed by atoms with Gasteiger partial charge in [-0.3, -0.25) is 9.59 Å². The van der Waals surface area contributed by atoms with Gasteiger partial charge in [-0.2, -0.15) is 0 Å². The number of hydrogen-bond donors (Lipinski definition) is 0. The van der Waals surface area contributed by atoms with Gasteiger partial charge in [0, 0.05) is 31.5 Å². The van der Waals surface area contributed by atoms with E-state index in [1.54, 1.807) is 11.0 Å². The molecule has 0 unspecified atom stereocenters. The van der Waals surface area contributed by atoms with Crippen molar-refractivity contribution < 1.29 is 9.59 Å². The molecule has 0 bridgehead atoms. The van der Waals surface area contributed by atoms with E-state index >= 15 is 0 Å². The maximum atomic E-state index is 13.3. The summed E-state index contributed by atoms with van der Waals surface area (Å²) in [7, 11) is 1.99. The Kier molecular flexibility index (Phi) is 6.91. The lowest BCUT2D eigenvalue weighted by Crippen LogP contribution is -2.45. The van der Waals surface area contributed by atoms with Crippen molar-refractivity contribution in [1.82, 2.24) is 14.4 Å². The molecule has 5 nitrogen and oxygen atoms in total. The van der Waals surface area contributed by atoms with Crippen LogP contribution in [0.3, 0.4) is 0 Å². The van der Waals surface area contributed by atoms with Crippen molar-refractivity contribution in [3.63, 3.8) is 0 Å². The van der Waals surface area contributed by atoms with Crippen LogP contribution in [0.5, 0.6) is 0 Å². The van der Waals surface area contributed by atoms with E-state index < -0.39 is 0 Å². The third-order valence-corrected chi connectivity index (χ3v) is 5.59. The molecule has 1 aliphatic rings. The molecule has 5 heteroatoms. The van der Waals surface area contributed by atoms with Crippen LogP contribution in [0.25, 0.3) is 0 Å². The van der Waals surface area contributed by atoms with Crippen LogP contribution in [-0.4, -0.2) is 45.3 Å². The van der Waals surface area contributed by atoms with Crippen LogP contribution in [0.4, 0.5) is 0 Å². The summed E-state index contributed by atoms with van der Waals surface area (Å²) in [6.45, 7) is 6.85. The van der Waals surface area contributed by atoms with Gasteiger partial charge >= 0.3 is 0 Å². The number of aromatic nitrogens is 1. The zero-order valence-electron chi connectivity index (χ0n) is 17.5. The van der Waals surface area contributed by atoms with Crippen LogP contribution >= 0.6 is 0 Å². The van der Waals surface area contributed by atoms with Gasteiger partial charge in [-0.1, -0.05) is 43.3 Å². The third kappa shape index (κ3) is 5.17. The highest BCUT2D eigenvalue weighted by Gasteiger charge is 2.34. The summed E-state index contributed by atoms with van der Waals surface area (Å²) in [5.41, 5.74) is 2.09. The van der Waals surface area contributed by atoms with E-state index in [1.807, 2.05) is 72.1 Å². The quantitative estimate of drug-likeness (QED) is 0.578. The molecule has 0 N–H and O–H groups in total. The normalized spacial score (nSPS) is 14.3. The first-order chi connectivity index (χ1) is 14.0. The topological polar surface area (TPSA) is 45.6 Å². The first-order valence-electron chi connectivity index (χ1n) is 10.4. The highest BCUT2D eigenvalue weighted by atomic mass is 16.2. The monoisotopic (exact) mass is 393 g/mol. The van der Waals surface area contributed by atoms with E-state index in [2.05, 4.69) is 6.58 Å². The van der Waals surface area contributed by atoms with Crippen LogP contribution in [0, 0.1) is 0 Å². The molecule has 154 valence electrons. The molecule has 1 aromatic carbocycles. The number of carbonyl (C=O) groups excluding carboxylic acids is 2.